The fourth-order valence-electron chi connectivity index (χ4n) is 1.29. The van der Waals surface area contributed by atoms with Crippen LogP contribution in [-0.4, -0.2) is 5.11 Å². The number of hydrogen-bond donors (Lipinski definition) is 1. The predicted molar refractivity (Wildman–Crippen MR) is 73.2 cm³/mol. The number of aliphatic hydroxyl groups excluding tert-OH is 1. The molecule has 2 rings (SSSR count). The fourth-order valence-corrected chi connectivity index (χ4v) is 3.66. The van der Waals surface area contributed by atoms with Gasteiger partial charge >= 0.3 is 0 Å². The molecule has 1 heterocycles. The Hall–Kier alpha value is -0.290. The summed E-state index contributed by atoms with van der Waals surface area (Å²) >= 11 is 6.99. The van der Waals surface area contributed by atoms with Crippen LogP contribution in [0.1, 0.15) is 18.6 Å². The highest BCUT2D eigenvalue weighted by Crippen LogP contribution is 2.36. The summed E-state index contributed by atoms with van der Waals surface area (Å²) < 4.78 is 2.30. The van der Waals surface area contributed by atoms with Gasteiger partial charge in [0.25, 0.3) is 0 Å². The molecule has 0 fully saturated rings. The molecule has 0 bridgehead atoms. The van der Waals surface area contributed by atoms with Crippen LogP contribution in [-0.2, 0) is 0 Å². The lowest BCUT2D eigenvalue weighted by molar-refractivity contribution is 0.199. The molecule has 4 heteroatoms. The molecule has 0 aliphatic heterocycles. The summed E-state index contributed by atoms with van der Waals surface area (Å²) in [6.07, 6.45) is -0.419. The number of thiophene rings is 1. The average molecular weight is 315 g/mol. The third-order valence-corrected chi connectivity index (χ3v) is 5.18. The summed E-state index contributed by atoms with van der Waals surface area (Å²) in [4.78, 5) is 1.17. The molecular weight excluding hydrogens is 304 g/mol. The van der Waals surface area contributed by atoms with Crippen molar-refractivity contribution in [3.8, 4) is 0 Å². The number of rotatable bonds is 3. The molecule has 2 aromatic rings. The fraction of sp³-hybridized carbons (Fsp3) is 0.167. The van der Waals surface area contributed by atoms with Crippen LogP contribution in [0.5, 0.6) is 0 Å². The largest absolute Gasteiger partial charge is 0.389 e. The first-order valence-corrected chi connectivity index (χ1v) is 7.34. The highest BCUT2D eigenvalue weighted by Gasteiger charge is 2.07. The lowest BCUT2D eigenvalue weighted by Crippen LogP contribution is -1.90. The van der Waals surface area contributed by atoms with E-state index in [4.69, 9.17) is 0 Å². The molecule has 84 valence electrons. The highest BCUT2D eigenvalue weighted by atomic mass is 79.9. The SMILES string of the molecule is C[C@@H](O)c1ccc(Sc2cccs2)c(Br)c1. The Morgan fingerprint density at radius 1 is 1.38 bits per heavy atom. The van der Waals surface area contributed by atoms with Crippen LogP contribution < -0.4 is 0 Å². The third-order valence-electron chi connectivity index (χ3n) is 2.14. The first-order chi connectivity index (χ1) is 7.66. The second kappa shape index (κ2) is 5.36. The number of aliphatic hydroxyl groups is 1. The van der Waals surface area contributed by atoms with Crippen molar-refractivity contribution in [1.82, 2.24) is 0 Å². The maximum Gasteiger partial charge on any atom is 0.0762 e. The topological polar surface area (TPSA) is 20.2 Å². The average Bonchev–Trinajstić information content (AvgIpc) is 2.73. The van der Waals surface area contributed by atoms with Gasteiger partial charge in [-0.15, -0.1) is 11.3 Å². The van der Waals surface area contributed by atoms with Crippen molar-refractivity contribution in [2.24, 2.45) is 0 Å². The molecule has 1 atom stereocenters. The summed E-state index contributed by atoms with van der Waals surface area (Å²) in [5, 5.41) is 11.5. The summed E-state index contributed by atoms with van der Waals surface area (Å²) in [6.45, 7) is 1.77. The van der Waals surface area contributed by atoms with Gasteiger partial charge in [-0.1, -0.05) is 23.9 Å². The zero-order valence-electron chi connectivity index (χ0n) is 8.68. The molecule has 1 aromatic heterocycles. The van der Waals surface area contributed by atoms with Crippen molar-refractivity contribution >= 4 is 39.0 Å². The molecule has 1 aromatic carbocycles. The maximum atomic E-state index is 9.47. The molecule has 0 saturated heterocycles. The minimum atomic E-state index is -0.419. The quantitative estimate of drug-likeness (QED) is 0.885. The van der Waals surface area contributed by atoms with Gasteiger partial charge in [-0.2, -0.15) is 0 Å². The van der Waals surface area contributed by atoms with Crippen molar-refractivity contribution in [2.75, 3.05) is 0 Å². The number of hydrogen-bond acceptors (Lipinski definition) is 3. The van der Waals surface area contributed by atoms with Gasteiger partial charge in [-0.25, -0.2) is 0 Å². The Morgan fingerprint density at radius 3 is 2.75 bits per heavy atom. The van der Waals surface area contributed by atoms with Crippen LogP contribution in [0.15, 0.2) is 49.3 Å². The molecule has 0 saturated carbocycles. The monoisotopic (exact) mass is 314 g/mol. The zero-order valence-corrected chi connectivity index (χ0v) is 11.9. The number of benzene rings is 1. The zero-order chi connectivity index (χ0) is 11.5. The third kappa shape index (κ3) is 2.88. The van der Waals surface area contributed by atoms with E-state index in [-0.39, 0.29) is 0 Å². The Labute approximate surface area is 112 Å². The lowest BCUT2D eigenvalue weighted by atomic mass is 10.1. The van der Waals surface area contributed by atoms with Crippen LogP contribution >= 0.6 is 39.0 Å². The molecule has 0 spiro atoms. The van der Waals surface area contributed by atoms with E-state index in [1.54, 1.807) is 30.0 Å². The van der Waals surface area contributed by atoms with Crippen molar-refractivity contribution < 1.29 is 5.11 Å². The maximum absolute atomic E-state index is 9.47. The van der Waals surface area contributed by atoms with Gasteiger partial charge in [0.2, 0.25) is 0 Å². The Bertz CT molecular complexity index is 466. The minimum Gasteiger partial charge on any atom is -0.389 e. The lowest BCUT2D eigenvalue weighted by Gasteiger charge is -2.08. The van der Waals surface area contributed by atoms with Gasteiger partial charge in [-0.05, 0) is 52.0 Å². The Morgan fingerprint density at radius 2 is 2.19 bits per heavy atom. The van der Waals surface area contributed by atoms with Gasteiger partial charge < -0.3 is 5.11 Å². The van der Waals surface area contributed by atoms with Gasteiger partial charge in [0, 0.05) is 9.37 Å². The molecule has 0 unspecified atom stereocenters. The van der Waals surface area contributed by atoms with E-state index in [0.29, 0.717) is 0 Å². The van der Waals surface area contributed by atoms with Gasteiger partial charge in [0.05, 0.1) is 10.3 Å². The van der Waals surface area contributed by atoms with Crippen LogP contribution in [0, 0.1) is 0 Å². The summed E-state index contributed by atoms with van der Waals surface area (Å²) in [7, 11) is 0. The first kappa shape index (κ1) is 12.2. The van der Waals surface area contributed by atoms with Crippen molar-refractivity contribution in [1.29, 1.82) is 0 Å². The van der Waals surface area contributed by atoms with Gasteiger partial charge in [0.15, 0.2) is 0 Å². The van der Waals surface area contributed by atoms with Crippen molar-refractivity contribution in [3.63, 3.8) is 0 Å². The minimum absolute atomic E-state index is 0.419. The van der Waals surface area contributed by atoms with Gasteiger partial charge in [-0.3, -0.25) is 0 Å². The molecular formula is C12H11BrOS2. The van der Waals surface area contributed by atoms with Crippen LogP contribution in [0.4, 0.5) is 0 Å². The van der Waals surface area contributed by atoms with E-state index in [1.807, 2.05) is 24.3 Å². The van der Waals surface area contributed by atoms with E-state index >= 15 is 0 Å². The molecule has 0 aliphatic rings. The van der Waals surface area contributed by atoms with E-state index in [1.165, 1.54) is 9.10 Å². The summed E-state index contributed by atoms with van der Waals surface area (Å²) in [6, 6.07) is 10.1. The molecule has 0 radical (unpaired) electrons. The number of halogens is 1. The van der Waals surface area contributed by atoms with E-state index in [2.05, 4.69) is 27.4 Å². The second-order valence-corrected chi connectivity index (χ2v) is 6.54. The molecule has 0 aliphatic carbocycles. The van der Waals surface area contributed by atoms with Crippen LogP contribution in [0.2, 0.25) is 0 Å². The van der Waals surface area contributed by atoms with E-state index in [0.717, 1.165) is 10.0 Å². The first-order valence-electron chi connectivity index (χ1n) is 4.85. The van der Waals surface area contributed by atoms with E-state index < -0.39 is 6.10 Å². The van der Waals surface area contributed by atoms with Gasteiger partial charge in [0.1, 0.15) is 0 Å². The normalized spacial score (nSPS) is 12.7. The van der Waals surface area contributed by atoms with Crippen LogP contribution in [0.25, 0.3) is 0 Å². The molecule has 1 N–H and O–H groups in total. The Kier molecular flexibility index (Phi) is 4.08. The Balaban J connectivity index is 2.23. The second-order valence-electron chi connectivity index (χ2n) is 3.40. The summed E-state index contributed by atoms with van der Waals surface area (Å²) in [5.41, 5.74) is 0.933. The molecule has 1 nitrogen and oxygen atoms in total. The van der Waals surface area contributed by atoms with Crippen molar-refractivity contribution in [3.05, 3.63) is 45.7 Å². The predicted octanol–water partition coefficient (Wildman–Crippen LogP) is 4.72. The van der Waals surface area contributed by atoms with Crippen molar-refractivity contribution in [2.45, 2.75) is 22.1 Å². The smallest absolute Gasteiger partial charge is 0.0762 e. The van der Waals surface area contributed by atoms with Crippen LogP contribution in [0.3, 0.4) is 0 Å². The standard InChI is InChI=1S/C12H11BrOS2/c1-8(14)9-4-5-11(10(13)7-9)16-12-3-2-6-15-12/h2-8,14H,1H3/t8-/m1/s1. The summed E-state index contributed by atoms with van der Waals surface area (Å²) in [5.74, 6) is 0. The molecule has 0 amide bonds. The molecule has 16 heavy (non-hydrogen) atoms. The van der Waals surface area contributed by atoms with E-state index in [9.17, 15) is 5.11 Å². The highest BCUT2D eigenvalue weighted by molar-refractivity contribution is 9.10.